The van der Waals surface area contributed by atoms with Gasteiger partial charge in [0.2, 0.25) is 17.7 Å². The fraction of sp³-hybridized carbons (Fsp3) is 0.627. The van der Waals surface area contributed by atoms with Crippen LogP contribution in [-0.4, -0.2) is 190 Å². The van der Waals surface area contributed by atoms with Gasteiger partial charge in [0.05, 0.1) is 70.5 Å². The standard InChI is InChI=1S/C51H76N10O10S/c1-2-46(64)60-22-16-37(17-23-60)41-15-14-40(48(52)65)49(56-41)55-39-12-10-38(11-13-39)50(66)61-26-24-59(25-27-61)21-7-3-6-19-53-45(63)18-28-68-30-32-70-34-35-71-33-31-69-29-20-54-44(62)9-5-4-8-43-47-42(36-72-43)57-51(67)58-47/h2,10-15,37,42-43,47H,1,3-9,16-36H2,(H2,52,65)(H,53,63)(H,54,62)(H,55,56)(H2,57,58,67). The zero-order chi connectivity index (χ0) is 50.9. The smallest absolute Gasteiger partial charge is 0.315 e. The number of primary amides is 1. The van der Waals surface area contributed by atoms with Crippen molar-refractivity contribution in [2.45, 2.75) is 87.5 Å². The Hall–Kier alpha value is -5.32. The molecule has 1 aromatic heterocycles. The summed E-state index contributed by atoms with van der Waals surface area (Å²) in [6.45, 7) is 13.0. The highest BCUT2D eigenvalue weighted by molar-refractivity contribution is 8.00. The predicted molar refractivity (Wildman–Crippen MR) is 275 cm³/mol. The van der Waals surface area contributed by atoms with Crippen LogP contribution in [0.25, 0.3) is 0 Å². The van der Waals surface area contributed by atoms with E-state index in [0.717, 1.165) is 82.4 Å². The molecule has 6 rings (SSSR count). The van der Waals surface area contributed by atoms with Crippen molar-refractivity contribution in [3.63, 3.8) is 0 Å². The molecule has 4 fully saturated rings. The molecule has 1 aromatic carbocycles. The van der Waals surface area contributed by atoms with Gasteiger partial charge in [-0.2, -0.15) is 11.8 Å². The summed E-state index contributed by atoms with van der Waals surface area (Å²) in [4.78, 5) is 84.3. The highest BCUT2D eigenvalue weighted by Gasteiger charge is 2.42. The molecule has 2 aromatic rings. The number of ether oxygens (including phenoxy) is 4. The van der Waals surface area contributed by atoms with Crippen LogP contribution in [0.4, 0.5) is 16.3 Å². The van der Waals surface area contributed by atoms with Gasteiger partial charge in [0.15, 0.2) is 0 Å². The van der Waals surface area contributed by atoms with Crippen molar-refractivity contribution < 1.29 is 47.7 Å². The minimum absolute atomic E-state index is 0.0245. The van der Waals surface area contributed by atoms with E-state index in [1.807, 2.05) is 22.7 Å². The Morgan fingerprint density at radius 1 is 0.736 bits per heavy atom. The number of unbranched alkanes of at least 4 members (excludes halogenated alkanes) is 3. The van der Waals surface area contributed by atoms with Crippen LogP contribution >= 0.6 is 11.8 Å². The van der Waals surface area contributed by atoms with E-state index in [0.29, 0.717) is 127 Å². The van der Waals surface area contributed by atoms with Crippen LogP contribution in [0.15, 0.2) is 49.1 Å². The molecule has 0 saturated carbocycles. The van der Waals surface area contributed by atoms with Crippen LogP contribution in [-0.2, 0) is 33.3 Å². The maximum atomic E-state index is 13.4. The Labute approximate surface area is 428 Å². The molecule has 4 aliphatic heterocycles. The molecule has 7 amide bonds. The van der Waals surface area contributed by atoms with Gasteiger partial charge in [0, 0.05) is 99.1 Å². The van der Waals surface area contributed by atoms with Gasteiger partial charge < -0.3 is 61.1 Å². The summed E-state index contributed by atoms with van der Waals surface area (Å²) in [6, 6.07) is 11.0. The Morgan fingerprint density at radius 3 is 2.10 bits per heavy atom. The molecule has 0 spiro atoms. The number of carbonyl (C=O) groups is 6. The SMILES string of the molecule is C=CC(=O)N1CCC(c2ccc(C(N)=O)c(Nc3ccc(C(=O)N4CCN(CCCCCNC(=O)CCOCCOCCOCCOCCNC(=O)CCCCC5SCC6NC(=O)NC65)CC4)cc3)n2)CC1. The number of nitrogens with two attached hydrogens (primary N) is 1. The zero-order valence-corrected chi connectivity index (χ0v) is 42.5. The lowest BCUT2D eigenvalue weighted by Crippen LogP contribution is -2.48. The van der Waals surface area contributed by atoms with Crippen molar-refractivity contribution in [3.8, 4) is 0 Å². The lowest BCUT2D eigenvalue weighted by molar-refractivity contribution is -0.127. The van der Waals surface area contributed by atoms with E-state index >= 15 is 0 Å². The molecule has 3 unspecified atom stereocenters. The van der Waals surface area contributed by atoms with Crippen LogP contribution in [0.2, 0.25) is 0 Å². The Balaban J connectivity index is 0.695. The highest BCUT2D eigenvalue weighted by atomic mass is 32.2. The van der Waals surface area contributed by atoms with Crippen molar-refractivity contribution in [1.82, 2.24) is 41.0 Å². The van der Waals surface area contributed by atoms with Gasteiger partial charge in [-0.05, 0) is 87.5 Å². The molecule has 7 N–H and O–H groups in total. The van der Waals surface area contributed by atoms with E-state index in [1.165, 1.54) is 6.08 Å². The molecule has 0 radical (unpaired) electrons. The predicted octanol–water partition coefficient (Wildman–Crippen LogP) is 3.16. The number of thioether (sulfide) groups is 1. The molecule has 72 heavy (non-hydrogen) atoms. The molecule has 0 aliphatic carbocycles. The summed E-state index contributed by atoms with van der Waals surface area (Å²) < 4.78 is 22.1. The summed E-state index contributed by atoms with van der Waals surface area (Å²) in [5, 5.41) is 15.5. The van der Waals surface area contributed by atoms with Crippen LogP contribution in [0.1, 0.15) is 96.5 Å². The first-order valence-electron chi connectivity index (χ1n) is 25.7. The van der Waals surface area contributed by atoms with Crippen LogP contribution in [0.3, 0.4) is 0 Å². The molecule has 21 heteroatoms. The highest BCUT2D eigenvalue weighted by Crippen LogP contribution is 2.33. The van der Waals surface area contributed by atoms with Crippen LogP contribution < -0.4 is 32.3 Å². The third-order valence-corrected chi connectivity index (χ3v) is 14.9. The molecule has 5 heterocycles. The van der Waals surface area contributed by atoms with Gasteiger partial charge in [-0.25, -0.2) is 9.78 Å². The van der Waals surface area contributed by atoms with Crippen LogP contribution in [0, 0.1) is 0 Å². The third-order valence-electron chi connectivity index (χ3n) is 13.3. The number of piperazine rings is 1. The first-order chi connectivity index (χ1) is 35.1. The number of urea groups is 1. The molecular formula is C51H76N10O10S. The number of fused-ring (bicyclic) bond motifs is 1. The van der Waals surface area contributed by atoms with E-state index < -0.39 is 5.91 Å². The van der Waals surface area contributed by atoms with Gasteiger partial charge in [-0.3, -0.25) is 28.9 Å². The lowest BCUT2D eigenvalue weighted by atomic mass is 9.92. The Morgan fingerprint density at radius 2 is 1.40 bits per heavy atom. The number of nitrogens with zero attached hydrogens (tertiary/aromatic N) is 4. The van der Waals surface area contributed by atoms with Gasteiger partial charge in [-0.1, -0.05) is 19.4 Å². The number of hydrogen-bond acceptors (Lipinski definition) is 14. The number of piperidine rings is 1. The van der Waals surface area contributed by atoms with Gasteiger partial charge in [-0.15, -0.1) is 0 Å². The van der Waals surface area contributed by atoms with Gasteiger partial charge in [0.25, 0.3) is 11.8 Å². The molecule has 3 atom stereocenters. The van der Waals surface area contributed by atoms with Crippen molar-refractivity contribution in [1.29, 1.82) is 0 Å². The average molecular weight is 1020 g/mol. The molecule has 20 nitrogen and oxygen atoms in total. The number of benzene rings is 1. The number of likely N-dealkylation sites (tertiary alicyclic amines) is 1. The second kappa shape index (κ2) is 30.7. The van der Waals surface area contributed by atoms with Crippen molar-refractivity contribution in [3.05, 3.63) is 65.9 Å². The number of rotatable bonds is 32. The molecule has 4 saturated heterocycles. The number of pyridine rings is 1. The number of anilines is 2. The van der Waals surface area contributed by atoms with Crippen molar-refractivity contribution in [2.75, 3.05) is 123 Å². The largest absolute Gasteiger partial charge is 0.379 e. The number of amides is 7. The lowest BCUT2D eigenvalue weighted by Gasteiger charge is -2.34. The van der Waals surface area contributed by atoms with E-state index in [-0.39, 0.29) is 53.2 Å². The first-order valence-corrected chi connectivity index (χ1v) is 26.8. The summed E-state index contributed by atoms with van der Waals surface area (Å²) >= 11 is 1.89. The Kier molecular flexibility index (Phi) is 23.8. The van der Waals surface area contributed by atoms with Gasteiger partial charge >= 0.3 is 6.03 Å². The maximum absolute atomic E-state index is 13.4. The van der Waals surface area contributed by atoms with Crippen LogP contribution in [0.5, 0.6) is 0 Å². The minimum atomic E-state index is -0.594. The van der Waals surface area contributed by atoms with Crippen molar-refractivity contribution in [2.24, 2.45) is 5.73 Å². The number of aromatic nitrogens is 1. The summed E-state index contributed by atoms with van der Waals surface area (Å²) in [5.41, 5.74) is 8.04. The minimum Gasteiger partial charge on any atom is -0.379 e. The fourth-order valence-electron chi connectivity index (χ4n) is 9.22. The van der Waals surface area contributed by atoms with E-state index in [2.05, 4.69) is 38.1 Å². The van der Waals surface area contributed by atoms with Gasteiger partial charge in [0.1, 0.15) is 5.82 Å². The third kappa shape index (κ3) is 18.6. The average Bonchev–Trinajstić information content (AvgIpc) is 3.96. The monoisotopic (exact) mass is 1020 g/mol. The normalized spacial score (nSPS) is 19.1. The number of nitrogens with one attached hydrogen (secondary N) is 5. The van der Waals surface area contributed by atoms with Crippen molar-refractivity contribution >= 4 is 58.8 Å². The quantitative estimate of drug-likeness (QED) is 0.0350. The number of carbonyl (C=O) groups excluding carboxylic acids is 6. The topological polar surface area (TPSA) is 248 Å². The number of hydrogen-bond donors (Lipinski definition) is 6. The van der Waals surface area contributed by atoms with E-state index in [1.54, 1.807) is 35.2 Å². The summed E-state index contributed by atoms with van der Waals surface area (Å²) in [7, 11) is 0. The summed E-state index contributed by atoms with van der Waals surface area (Å²) in [5.74, 6) is 0.746. The van der Waals surface area contributed by atoms with E-state index in [4.69, 9.17) is 29.7 Å². The Bertz CT molecular complexity index is 2070. The molecule has 4 aliphatic rings. The molecular weight excluding hydrogens is 945 g/mol. The second-order valence-corrected chi connectivity index (χ2v) is 19.7. The zero-order valence-electron chi connectivity index (χ0n) is 41.7. The fourth-order valence-corrected chi connectivity index (χ4v) is 10.8. The second-order valence-electron chi connectivity index (χ2n) is 18.5. The summed E-state index contributed by atoms with van der Waals surface area (Å²) in [6.07, 6.45) is 9.31. The molecule has 0 bridgehead atoms. The van der Waals surface area contributed by atoms with E-state index in [9.17, 15) is 28.8 Å². The first kappa shape index (κ1) is 56.0. The maximum Gasteiger partial charge on any atom is 0.315 e. The molecule has 396 valence electrons.